The van der Waals surface area contributed by atoms with E-state index >= 15 is 0 Å². The van der Waals surface area contributed by atoms with Crippen LogP contribution >= 0.6 is 11.8 Å². The molecule has 1 atom stereocenters. The van der Waals surface area contributed by atoms with E-state index < -0.39 is 17.5 Å². The highest BCUT2D eigenvalue weighted by molar-refractivity contribution is 8.14. The van der Waals surface area contributed by atoms with Crippen molar-refractivity contribution in [3.05, 3.63) is 29.6 Å². The van der Waals surface area contributed by atoms with Gasteiger partial charge in [-0.3, -0.25) is 4.99 Å². The molecule has 6 heteroatoms. The van der Waals surface area contributed by atoms with Crippen LogP contribution in [0.4, 0.5) is 18.9 Å². The molecule has 1 aliphatic heterocycles. The van der Waals surface area contributed by atoms with Crippen LogP contribution < -0.4 is 5.32 Å². The van der Waals surface area contributed by atoms with Crippen LogP contribution in [-0.2, 0) is 0 Å². The lowest BCUT2D eigenvalue weighted by atomic mass is 10.1. The Morgan fingerprint density at radius 1 is 1.26 bits per heavy atom. The number of thioether (sulfide) groups is 1. The number of nitrogens with zero attached hydrogens (tertiary/aromatic N) is 1. The van der Waals surface area contributed by atoms with E-state index in [4.69, 9.17) is 0 Å². The van der Waals surface area contributed by atoms with Gasteiger partial charge in [0.2, 0.25) is 0 Å². The Morgan fingerprint density at radius 3 is 2.63 bits per heavy atom. The third kappa shape index (κ3) is 3.65. The molecule has 0 aliphatic carbocycles. The first-order valence-electron chi connectivity index (χ1n) is 6.08. The molecule has 1 heterocycles. The Balaban J connectivity index is 2.08. The van der Waals surface area contributed by atoms with Crippen molar-refractivity contribution in [2.24, 2.45) is 10.9 Å². The molecule has 1 aromatic rings. The Labute approximate surface area is 114 Å². The molecule has 1 aromatic carbocycles. The molecule has 0 bridgehead atoms. The number of hydrogen-bond donors (Lipinski definition) is 1. The number of benzene rings is 1. The number of rotatable bonds is 3. The summed E-state index contributed by atoms with van der Waals surface area (Å²) in [7, 11) is 0. The summed E-state index contributed by atoms with van der Waals surface area (Å²) in [6, 6.07) is 1.54. The maximum Gasteiger partial charge on any atom is 0.161 e. The molecule has 104 valence electrons. The largest absolute Gasteiger partial charge is 0.332 e. The van der Waals surface area contributed by atoms with Crippen LogP contribution in [0.15, 0.2) is 17.1 Å². The van der Waals surface area contributed by atoms with Gasteiger partial charge in [-0.15, -0.1) is 0 Å². The van der Waals surface area contributed by atoms with Crippen molar-refractivity contribution in [3.63, 3.8) is 0 Å². The van der Waals surface area contributed by atoms with Crippen LogP contribution in [-0.4, -0.2) is 17.0 Å². The number of halogens is 3. The zero-order valence-electron chi connectivity index (χ0n) is 10.7. The van der Waals surface area contributed by atoms with Gasteiger partial charge >= 0.3 is 0 Å². The summed E-state index contributed by atoms with van der Waals surface area (Å²) in [6.07, 6.45) is 0.957. The van der Waals surface area contributed by atoms with E-state index in [1.54, 1.807) is 0 Å². The van der Waals surface area contributed by atoms with E-state index in [9.17, 15) is 13.2 Å². The van der Waals surface area contributed by atoms with Crippen molar-refractivity contribution >= 4 is 22.6 Å². The van der Waals surface area contributed by atoms with Gasteiger partial charge in [0.1, 0.15) is 5.82 Å². The average Bonchev–Trinajstić information content (AvgIpc) is 2.72. The quantitative estimate of drug-likeness (QED) is 0.849. The molecule has 0 radical (unpaired) electrons. The maximum atomic E-state index is 13.5. The highest BCUT2D eigenvalue weighted by Gasteiger charge is 2.20. The molecule has 1 aliphatic rings. The van der Waals surface area contributed by atoms with Crippen molar-refractivity contribution in [1.82, 2.24) is 0 Å². The van der Waals surface area contributed by atoms with E-state index in [1.807, 2.05) is 0 Å². The van der Waals surface area contributed by atoms with Gasteiger partial charge in [-0.1, -0.05) is 25.6 Å². The van der Waals surface area contributed by atoms with Crippen molar-refractivity contribution in [2.75, 3.05) is 11.1 Å². The molecule has 0 aromatic heterocycles. The molecule has 0 spiro atoms. The van der Waals surface area contributed by atoms with Gasteiger partial charge in [0.05, 0.1) is 11.7 Å². The lowest BCUT2D eigenvalue weighted by molar-refractivity contribution is 0.496. The van der Waals surface area contributed by atoms with Crippen LogP contribution in [0.5, 0.6) is 0 Å². The number of hydrogen-bond acceptors (Lipinski definition) is 3. The second-order valence-electron chi connectivity index (χ2n) is 4.90. The van der Waals surface area contributed by atoms with Gasteiger partial charge < -0.3 is 5.32 Å². The van der Waals surface area contributed by atoms with Crippen LogP contribution in [0.2, 0.25) is 0 Å². The predicted octanol–water partition coefficient (Wildman–Crippen LogP) is 4.03. The minimum atomic E-state index is -1.19. The van der Waals surface area contributed by atoms with Crippen LogP contribution in [0.25, 0.3) is 0 Å². The van der Waals surface area contributed by atoms with Crippen molar-refractivity contribution in [1.29, 1.82) is 0 Å². The normalized spacial score (nSPS) is 18.8. The van der Waals surface area contributed by atoms with Gasteiger partial charge in [-0.25, -0.2) is 13.2 Å². The standard InChI is InChI=1S/C13H15F3N2S/c1-7(2)3-8-6-19-13(17-8)18-12-5-10(15)9(14)4-11(12)16/h4-5,7-8H,3,6H2,1-2H3,(H,17,18). The van der Waals surface area contributed by atoms with Gasteiger partial charge in [-0.05, 0) is 12.3 Å². The Morgan fingerprint density at radius 2 is 1.95 bits per heavy atom. The summed E-state index contributed by atoms with van der Waals surface area (Å²) < 4.78 is 39.3. The highest BCUT2D eigenvalue weighted by Crippen LogP contribution is 2.26. The van der Waals surface area contributed by atoms with Gasteiger partial charge in [0, 0.05) is 17.9 Å². The first-order chi connectivity index (χ1) is 8.95. The first-order valence-corrected chi connectivity index (χ1v) is 7.06. The molecule has 2 rings (SSSR count). The van der Waals surface area contributed by atoms with Crippen molar-refractivity contribution in [2.45, 2.75) is 26.3 Å². The summed E-state index contributed by atoms with van der Waals surface area (Å²) in [5, 5.41) is 3.26. The fourth-order valence-corrected chi connectivity index (χ4v) is 2.85. The minimum Gasteiger partial charge on any atom is -0.332 e. The molecule has 0 amide bonds. The second kappa shape index (κ2) is 5.86. The number of nitrogens with one attached hydrogen (secondary N) is 1. The van der Waals surface area contributed by atoms with E-state index in [2.05, 4.69) is 24.2 Å². The third-order valence-electron chi connectivity index (χ3n) is 2.71. The lowest BCUT2D eigenvalue weighted by Crippen LogP contribution is -2.09. The zero-order valence-corrected chi connectivity index (χ0v) is 11.5. The Bertz CT molecular complexity index is 503. The minimum absolute atomic E-state index is 0.0876. The van der Waals surface area contributed by atoms with Crippen LogP contribution in [0.1, 0.15) is 20.3 Å². The molecular formula is C13H15F3N2S. The second-order valence-corrected chi connectivity index (χ2v) is 5.91. The third-order valence-corrected chi connectivity index (χ3v) is 3.74. The van der Waals surface area contributed by atoms with E-state index in [-0.39, 0.29) is 11.7 Å². The molecule has 1 N–H and O–H groups in total. The number of aliphatic imine (C=N–C) groups is 1. The van der Waals surface area contributed by atoms with Gasteiger partial charge in [-0.2, -0.15) is 0 Å². The maximum absolute atomic E-state index is 13.5. The molecule has 2 nitrogen and oxygen atoms in total. The van der Waals surface area contributed by atoms with Gasteiger partial charge in [0.25, 0.3) is 0 Å². The van der Waals surface area contributed by atoms with Crippen molar-refractivity contribution < 1.29 is 13.2 Å². The number of amidine groups is 1. The number of anilines is 1. The molecule has 0 saturated carbocycles. The molecule has 1 unspecified atom stereocenters. The highest BCUT2D eigenvalue weighted by atomic mass is 32.2. The lowest BCUT2D eigenvalue weighted by Gasteiger charge is -2.08. The SMILES string of the molecule is CC(C)CC1CSC(Nc2cc(F)c(F)cc2F)=N1. The summed E-state index contributed by atoms with van der Waals surface area (Å²) in [4.78, 5) is 4.40. The Kier molecular flexibility index (Phi) is 4.39. The molecule has 0 fully saturated rings. The summed E-state index contributed by atoms with van der Waals surface area (Å²) in [6.45, 7) is 4.22. The fraction of sp³-hybridized carbons (Fsp3) is 0.462. The van der Waals surface area contributed by atoms with E-state index in [0.29, 0.717) is 17.2 Å². The Hall–Kier alpha value is -1.17. The van der Waals surface area contributed by atoms with Crippen LogP contribution in [0, 0.1) is 23.4 Å². The average molecular weight is 288 g/mol. The first kappa shape index (κ1) is 14.2. The van der Waals surface area contributed by atoms with Gasteiger partial charge in [0.15, 0.2) is 16.8 Å². The van der Waals surface area contributed by atoms with E-state index in [0.717, 1.165) is 18.2 Å². The smallest absolute Gasteiger partial charge is 0.161 e. The van der Waals surface area contributed by atoms with Crippen molar-refractivity contribution in [3.8, 4) is 0 Å². The van der Waals surface area contributed by atoms with E-state index in [1.165, 1.54) is 11.8 Å². The monoisotopic (exact) mass is 288 g/mol. The molecule has 0 saturated heterocycles. The topological polar surface area (TPSA) is 24.4 Å². The fourth-order valence-electron chi connectivity index (χ4n) is 1.88. The van der Waals surface area contributed by atoms with Crippen LogP contribution in [0.3, 0.4) is 0 Å². The predicted molar refractivity (Wildman–Crippen MR) is 73.1 cm³/mol. The summed E-state index contributed by atoms with van der Waals surface area (Å²) in [5.74, 6) is -1.73. The molecular weight excluding hydrogens is 273 g/mol. The zero-order chi connectivity index (χ0) is 14.0. The summed E-state index contributed by atoms with van der Waals surface area (Å²) in [5.41, 5.74) is -0.0876. The molecule has 19 heavy (non-hydrogen) atoms. The summed E-state index contributed by atoms with van der Waals surface area (Å²) >= 11 is 1.46.